The Bertz CT molecular complexity index is 358. The van der Waals surface area contributed by atoms with Crippen LogP contribution in [0.2, 0.25) is 0 Å². The normalized spacial score (nSPS) is 21.1. The van der Waals surface area contributed by atoms with Crippen LogP contribution in [0.15, 0.2) is 0 Å². The summed E-state index contributed by atoms with van der Waals surface area (Å²) in [6.45, 7) is 9.13. The SMILES string of the molecule is CCCc1nsc(NCC2CN(CC)CCO2)n1. The first-order valence-corrected chi connectivity index (χ1v) is 7.49. The number of anilines is 1. The van der Waals surface area contributed by atoms with Crippen molar-refractivity contribution in [2.24, 2.45) is 0 Å². The zero-order valence-corrected chi connectivity index (χ0v) is 12.0. The summed E-state index contributed by atoms with van der Waals surface area (Å²) in [5.41, 5.74) is 0. The first kappa shape index (κ1) is 13.7. The van der Waals surface area contributed by atoms with Crippen molar-refractivity contribution in [3.63, 3.8) is 0 Å². The molecule has 1 N–H and O–H groups in total. The highest BCUT2D eigenvalue weighted by Gasteiger charge is 2.19. The van der Waals surface area contributed by atoms with Gasteiger partial charge in [-0.1, -0.05) is 13.8 Å². The summed E-state index contributed by atoms with van der Waals surface area (Å²) in [6, 6.07) is 0. The molecule has 18 heavy (non-hydrogen) atoms. The molecule has 0 bridgehead atoms. The van der Waals surface area contributed by atoms with Gasteiger partial charge >= 0.3 is 0 Å². The average Bonchev–Trinajstić information content (AvgIpc) is 2.85. The van der Waals surface area contributed by atoms with Crippen LogP contribution in [0.25, 0.3) is 0 Å². The first-order valence-electron chi connectivity index (χ1n) is 6.72. The fourth-order valence-corrected chi connectivity index (χ4v) is 2.66. The maximum Gasteiger partial charge on any atom is 0.202 e. The Kier molecular flexibility index (Phi) is 5.34. The Balaban J connectivity index is 1.76. The van der Waals surface area contributed by atoms with E-state index in [9.17, 15) is 0 Å². The van der Waals surface area contributed by atoms with E-state index in [0.717, 1.165) is 56.6 Å². The highest BCUT2D eigenvalue weighted by atomic mass is 32.1. The largest absolute Gasteiger partial charge is 0.374 e. The molecule has 0 spiro atoms. The smallest absolute Gasteiger partial charge is 0.202 e. The lowest BCUT2D eigenvalue weighted by Crippen LogP contribution is -2.45. The molecular weight excluding hydrogens is 248 g/mol. The molecule has 1 unspecified atom stereocenters. The standard InChI is InChI=1S/C12H22N4OS/c1-3-5-11-14-12(18-15-11)13-8-10-9-16(4-2)6-7-17-10/h10H,3-9H2,1-2H3,(H,13,14,15). The van der Waals surface area contributed by atoms with Crippen LogP contribution in [-0.4, -0.2) is 53.1 Å². The second-order valence-corrected chi connectivity index (χ2v) is 5.28. The fraction of sp³-hybridized carbons (Fsp3) is 0.833. The topological polar surface area (TPSA) is 50.3 Å². The Morgan fingerprint density at radius 1 is 1.50 bits per heavy atom. The summed E-state index contributed by atoms with van der Waals surface area (Å²) in [5.74, 6) is 0.949. The van der Waals surface area contributed by atoms with Crippen molar-refractivity contribution in [2.45, 2.75) is 32.8 Å². The van der Waals surface area contributed by atoms with Gasteiger partial charge in [-0.3, -0.25) is 4.90 Å². The summed E-state index contributed by atoms with van der Waals surface area (Å²) in [4.78, 5) is 6.87. The molecule has 6 heteroatoms. The number of nitrogens with zero attached hydrogens (tertiary/aromatic N) is 3. The molecule has 1 aromatic heterocycles. The van der Waals surface area contributed by atoms with Crippen LogP contribution in [0.1, 0.15) is 26.1 Å². The van der Waals surface area contributed by atoms with E-state index < -0.39 is 0 Å². The minimum absolute atomic E-state index is 0.261. The van der Waals surface area contributed by atoms with Crippen LogP contribution in [0.3, 0.4) is 0 Å². The molecular formula is C12H22N4OS. The van der Waals surface area contributed by atoms with Gasteiger partial charge < -0.3 is 10.1 Å². The average molecular weight is 270 g/mol. The zero-order chi connectivity index (χ0) is 12.8. The molecule has 2 heterocycles. The Hall–Kier alpha value is -0.720. The lowest BCUT2D eigenvalue weighted by Gasteiger charge is -2.32. The van der Waals surface area contributed by atoms with Crippen LogP contribution < -0.4 is 5.32 Å². The van der Waals surface area contributed by atoms with Crippen LogP contribution in [0.5, 0.6) is 0 Å². The molecule has 0 radical (unpaired) electrons. The Morgan fingerprint density at radius 3 is 3.17 bits per heavy atom. The van der Waals surface area contributed by atoms with Crippen molar-refractivity contribution in [1.82, 2.24) is 14.3 Å². The first-order chi connectivity index (χ1) is 8.81. The van der Waals surface area contributed by atoms with Crippen molar-refractivity contribution >= 4 is 16.7 Å². The number of morpholine rings is 1. The number of ether oxygens (including phenoxy) is 1. The lowest BCUT2D eigenvalue weighted by atomic mass is 10.2. The van der Waals surface area contributed by atoms with Gasteiger partial charge in [0.05, 0.1) is 12.7 Å². The summed E-state index contributed by atoms with van der Waals surface area (Å²) < 4.78 is 10.1. The van der Waals surface area contributed by atoms with Crippen LogP contribution in [-0.2, 0) is 11.2 Å². The van der Waals surface area contributed by atoms with E-state index in [-0.39, 0.29) is 6.10 Å². The van der Waals surface area contributed by atoms with Crippen molar-refractivity contribution in [1.29, 1.82) is 0 Å². The molecule has 5 nitrogen and oxygen atoms in total. The third-order valence-electron chi connectivity index (χ3n) is 3.09. The predicted molar refractivity (Wildman–Crippen MR) is 74.2 cm³/mol. The molecule has 1 aliphatic rings. The molecule has 1 aromatic rings. The third kappa shape index (κ3) is 3.90. The number of aromatic nitrogens is 2. The number of hydrogen-bond donors (Lipinski definition) is 1. The fourth-order valence-electron chi connectivity index (χ4n) is 2.04. The second kappa shape index (κ2) is 7.01. The summed E-state index contributed by atoms with van der Waals surface area (Å²) in [6.07, 6.45) is 2.31. The van der Waals surface area contributed by atoms with E-state index in [1.165, 1.54) is 11.5 Å². The van der Waals surface area contributed by atoms with Gasteiger partial charge in [-0.05, 0) is 13.0 Å². The number of likely N-dealkylation sites (N-methyl/N-ethyl adjacent to an activating group) is 1. The van der Waals surface area contributed by atoms with Crippen molar-refractivity contribution in [2.75, 3.05) is 38.1 Å². The van der Waals surface area contributed by atoms with Crippen LogP contribution in [0.4, 0.5) is 5.13 Å². The minimum atomic E-state index is 0.261. The van der Waals surface area contributed by atoms with Gasteiger partial charge in [0.1, 0.15) is 5.82 Å². The van der Waals surface area contributed by atoms with E-state index in [0.29, 0.717) is 0 Å². The van der Waals surface area contributed by atoms with Gasteiger partial charge in [-0.2, -0.15) is 4.37 Å². The van der Waals surface area contributed by atoms with E-state index in [1.807, 2.05) is 0 Å². The molecule has 2 rings (SSSR count). The van der Waals surface area contributed by atoms with Crippen molar-refractivity contribution in [3.8, 4) is 0 Å². The summed E-state index contributed by atoms with van der Waals surface area (Å²) in [5, 5.41) is 4.24. The molecule has 0 aliphatic carbocycles. The van der Waals surface area contributed by atoms with E-state index >= 15 is 0 Å². The quantitative estimate of drug-likeness (QED) is 0.851. The number of aryl methyl sites for hydroxylation is 1. The van der Waals surface area contributed by atoms with Crippen LogP contribution >= 0.6 is 11.5 Å². The molecule has 1 saturated heterocycles. The monoisotopic (exact) mass is 270 g/mol. The number of nitrogens with one attached hydrogen (secondary N) is 1. The van der Waals surface area contributed by atoms with Gasteiger partial charge in [0.15, 0.2) is 0 Å². The maximum absolute atomic E-state index is 5.74. The van der Waals surface area contributed by atoms with Gasteiger partial charge in [-0.25, -0.2) is 4.98 Å². The number of rotatable bonds is 6. The Labute approximate surface area is 113 Å². The molecule has 0 amide bonds. The Morgan fingerprint density at radius 2 is 2.39 bits per heavy atom. The van der Waals surface area contributed by atoms with Gasteiger partial charge in [-0.15, -0.1) is 0 Å². The lowest BCUT2D eigenvalue weighted by molar-refractivity contribution is -0.0191. The van der Waals surface area contributed by atoms with Gasteiger partial charge in [0.25, 0.3) is 0 Å². The molecule has 0 aromatic carbocycles. The van der Waals surface area contributed by atoms with E-state index in [4.69, 9.17) is 4.74 Å². The summed E-state index contributed by atoms with van der Waals surface area (Å²) in [7, 11) is 0. The van der Waals surface area contributed by atoms with Gasteiger partial charge in [0.2, 0.25) is 5.13 Å². The van der Waals surface area contributed by atoms with Crippen molar-refractivity contribution < 1.29 is 4.74 Å². The molecule has 1 atom stereocenters. The zero-order valence-electron chi connectivity index (χ0n) is 11.2. The molecule has 102 valence electrons. The van der Waals surface area contributed by atoms with E-state index in [1.54, 1.807) is 0 Å². The second-order valence-electron chi connectivity index (χ2n) is 4.53. The highest BCUT2D eigenvalue weighted by molar-refractivity contribution is 7.09. The summed E-state index contributed by atoms with van der Waals surface area (Å²) >= 11 is 1.44. The van der Waals surface area contributed by atoms with Crippen LogP contribution in [0, 0.1) is 0 Å². The molecule has 0 saturated carbocycles. The van der Waals surface area contributed by atoms with Crippen molar-refractivity contribution in [3.05, 3.63) is 5.82 Å². The molecule has 1 aliphatic heterocycles. The van der Waals surface area contributed by atoms with E-state index in [2.05, 4.69) is 33.4 Å². The number of hydrogen-bond acceptors (Lipinski definition) is 6. The van der Waals surface area contributed by atoms with Gasteiger partial charge in [0, 0.05) is 37.6 Å². The third-order valence-corrected chi connectivity index (χ3v) is 3.80. The minimum Gasteiger partial charge on any atom is -0.374 e. The predicted octanol–water partition coefficient (Wildman–Crippen LogP) is 1.62. The molecule has 1 fully saturated rings. The highest BCUT2D eigenvalue weighted by Crippen LogP contribution is 2.13. The maximum atomic E-state index is 5.74.